The zero-order valence-electron chi connectivity index (χ0n) is 13.1. The van der Waals surface area contributed by atoms with E-state index < -0.39 is 0 Å². The smallest absolute Gasteiger partial charge is 0.213 e. The second-order valence-corrected chi connectivity index (χ2v) is 5.37. The predicted molar refractivity (Wildman–Crippen MR) is 104 cm³/mol. The highest BCUT2D eigenvalue weighted by Gasteiger charge is 2.10. The number of anilines is 1. The van der Waals surface area contributed by atoms with Crippen LogP contribution in [0.3, 0.4) is 0 Å². The van der Waals surface area contributed by atoms with Gasteiger partial charge in [0.1, 0.15) is 0 Å². The molecule has 1 aliphatic rings. The van der Waals surface area contributed by atoms with Crippen LogP contribution in [-0.2, 0) is 19.4 Å². The minimum atomic E-state index is 0. The molecule has 0 radical (unpaired) electrons. The topological polar surface area (TPSA) is 72.5 Å². The molecule has 2 aromatic rings. The van der Waals surface area contributed by atoms with Gasteiger partial charge in [0.15, 0.2) is 5.96 Å². The minimum absolute atomic E-state index is 0. The Morgan fingerprint density at radius 3 is 2.91 bits per heavy atom. The van der Waals surface area contributed by atoms with E-state index >= 15 is 0 Å². The van der Waals surface area contributed by atoms with Crippen molar-refractivity contribution < 1.29 is 4.74 Å². The molecule has 3 rings (SSSR count). The van der Waals surface area contributed by atoms with E-state index in [9.17, 15) is 0 Å². The molecular formula is C17H21IN4O. The average Bonchev–Trinajstić information content (AvgIpc) is 3.01. The number of ether oxygens (including phenoxy) is 1. The normalized spacial score (nSPS) is 13.2. The fourth-order valence-corrected chi connectivity index (χ4v) is 2.67. The number of aliphatic imine (C=N–C) groups is 1. The summed E-state index contributed by atoms with van der Waals surface area (Å²) in [6, 6.07) is 10.1. The molecule has 1 aromatic carbocycles. The van der Waals surface area contributed by atoms with Crippen molar-refractivity contribution in [2.45, 2.75) is 25.8 Å². The van der Waals surface area contributed by atoms with Gasteiger partial charge in [0.05, 0.1) is 13.7 Å². The third-order valence-corrected chi connectivity index (χ3v) is 3.81. The molecule has 1 aliphatic carbocycles. The van der Waals surface area contributed by atoms with E-state index in [4.69, 9.17) is 10.5 Å². The first-order chi connectivity index (χ1) is 10.7. The van der Waals surface area contributed by atoms with E-state index in [0.29, 0.717) is 18.4 Å². The third kappa shape index (κ3) is 4.57. The summed E-state index contributed by atoms with van der Waals surface area (Å²) in [6.07, 6.45) is 5.28. The first-order valence-corrected chi connectivity index (χ1v) is 7.42. The van der Waals surface area contributed by atoms with Crippen molar-refractivity contribution in [2.24, 2.45) is 10.7 Å². The molecule has 0 unspecified atom stereocenters. The summed E-state index contributed by atoms with van der Waals surface area (Å²) in [5.74, 6) is 0.992. The van der Waals surface area contributed by atoms with E-state index in [1.807, 2.05) is 12.1 Å². The number of pyridine rings is 1. The summed E-state index contributed by atoms with van der Waals surface area (Å²) >= 11 is 0. The summed E-state index contributed by atoms with van der Waals surface area (Å²) in [4.78, 5) is 8.43. The number of benzene rings is 1. The molecule has 6 heteroatoms. The van der Waals surface area contributed by atoms with Crippen LogP contribution in [0.4, 0.5) is 5.69 Å². The van der Waals surface area contributed by atoms with Crippen molar-refractivity contribution >= 4 is 35.6 Å². The lowest BCUT2D eigenvalue weighted by Gasteiger charge is -2.08. The van der Waals surface area contributed by atoms with Gasteiger partial charge in [-0.05, 0) is 54.2 Å². The zero-order chi connectivity index (χ0) is 15.4. The van der Waals surface area contributed by atoms with Crippen molar-refractivity contribution in [2.75, 3.05) is 12.4 Å². The van der Waals surface area contributed by atoms with Crippen molar-refractivity contribution in [3.8, 4) is 5.88 Å². The molecule has 23 heavy (non-hydrogen) atoms. The molecule has 0 saturated carbocycles. The Morgan fingerprint density at radius 1 is 1.26 bits per heavy atom. The van der Waals surface area contributed by atoms with Crippen LogP contribution in [0.1, 0.15) is 23.1 Å². The fraction of sp³-hybridized carbons (Fsp3) is 0.294. The van der Waals surface area contributed by atoms with Crippen molar-refractivity contribution in [1.29, 1.82) is 0 Å². The Labute approximate surface area is 153 Å². The molecular weight excluding hydrogens is 403 g/mol. The minimum Gasteiger partial charge on any atom is -0.481 e. The fourth-order valence-electron chi connectivity index (χ4n) is 2.67. The molecule has 1 heterocycles. The van der Waals surface area contributed by atoms with Crippen molar-refractivity contribution in [1.82, 2.24) is 4.98 Å². The van der Waals surface area contributed by atoms with E-state index in [1.54, 1.807) is 13.3 Å². The number of nitrogens with one attached hydrogen (secondary N) is 1. The van der Waals surface area contributed by atoms with Gasteiger partial charge in [-0.3, -0.25) is 0 Å². The Balaban J connectivity index is 0.00000192. The summed E-state index contributed by atoms with van der Waals surface area (Å²) < 4.78 is 5.09. The highest BCUT2D eigenvalue weighted by atomic mass is 127. The highest BCUT2D eigenvalue weighted by Crippen LogP contribution is 2.24. The maximum atomic E-state index is 5.96. The van der Waals surface area contributed by atoms with Crippen LogP contribution < -0.4 is 15.8 Å². The van der Waals surface area contributed by atoms with Gasteiger partial charge in [-0.1, -0.05) is 6.07 Å². The molecule has 1 aromatic heterocycles. The summed E-state index contributed by atoms with van der Waals surface area (Å²) in [6.45, 7) is 0.489. The van der Waals surface area contributed by atoms with Gasteiger partial charge in [-0.15, -0.1) is 24.0 Å². The maximum Gasteiger partial charge on any atom is 0.213 e. The number of rotatable bonds is 4. The number of methoxy groups -OCH3 is 1. The molecule has 0 saturated heterocycles. The SMILES string of the molecule is COc1cc(CN=C(N)Nc2ccc3c(c2)CCC3)ccn1.I. The molecule has 0 aliphatic heterocycles. The number of hydrogen-bond donors (Lipinski definition) is 2. The molecule has 5 nitrogen and oxygen atoms in total. The lowest BCUT2D eigenvalue weighted by molar-refractivity contribution is 0.397. The first kappa shape index (κ1) is 17.5. The van der Waals surface area contributed by atoms with Gasteiger partial charge >= 0.3 is 0 Å². The van der Waals surface area contributed by atoms with E-state index in [0.717, 1.165) is 17.7 Å². The summed E-state index contributed by atoms with van der Waals surface area (Å²) in [7, 11) is 1.60. The summed E-state index contributed by atoms with van der Waals surface area (Å²) in [5.41, 5.74) is 10.8. The van der Waals surface area contributed by atoms with E-state index in [1.165, 1.54) is 24.0 Å². The number of guanidine groups is 1. The quantitative estimate of drug-likeness (QED) is 0.450. The van der Waals surface area contributed by atoms with Crippen molar-refractivity contribution in [3.63, 3.8) is 0 Å². The van der Waals surface area contributed by atoms with Crippen LogP contribution in [0.5, 0.6) is 5.88 Å². The second-order valence-electron chi connectivity index (χ2n) is 5.37. The van der Waals surface area contributed by atoms with Crippen LogP contribution in [-0.4, -0.2) is 18.1 Å². The van der Waals surface area contributed by atoms with Gasteiger partial charge < -0.3 is 15.8 Å². The maximum absolute atomic E-state index is 5.96. The Hall–Kier alpha value is -1.83. The van der Waals surface area contributed by atoms with E-state index in [2.05, 4.69) is 33.5 Å². The largest absolute Gasteiger partial charge is 0.481 e. The van der Waals surface area contributed by atoms with Gasteiger partial charge in [0.25, 0.3) is 0 Å². The number of hydrogen-bond acceptors (Lipinski definition) is 3. The number of fused-ring (bicyclic) bond motifs is 1. The van der Waals surface area contributed by atoms with Crippen LogP contribution in [0, 0.1) is 0 Å². The molecule has 0 fully saturated rings. The Bertz CT molecular complexity index is 703. The number of aryl methyl sites for hydroxylation is 2. The number of halogens is 1. The molecule has 0 amide bonds. The standard InChI is InChI=1S/C17H20N4O.HI/c1-22-16-9-12(7-8-19-16)11-20-17(18)21-15-6-5-13-3-2-4-14(13)10-15;/h5-10H,2-4,11H2,1H3,(H3,18,20,21);1H. The van der Waals surface area contributed by atoms with Gasteiger partial charge in [-0.25, -0.2) is 9.98 Å². The zero-order valence-corrected chi connectivity index (χ0v) is 15.4. The van der Waals surface area contributed by atoms with Gasteiger partial charge in [-0.2, -0.15) is 0 Å². The summed E-state index contributed by atoms with van der Waals surface area (Å²) in [5, 5.41) is 3.15. The third-order valence-electron chi connectivity index (χ3n) is 3.81. The van der Waals surface area contributed by atoms with Crippen LogP contribution >= 0.6 is 24.0 Å². The first-order valence-electron chi connectivity index (χ1n) is 7.42. The molecule has 0 bridgehead atoms. The van der Waals surface area contributed by atoms with Gasteiger partial charge in [0, 0.05) is 18.0 Å². The Morgan fingerprint density at radius 2 is 2.09 bits per heavy atom. The molecule has 122 valence electrons. The van der Waals surface area contributed by atoms with Crippen LogP contribution in [0.2, 0.25) is 0 Å². The Kier molecular flexibility index (Phi) is 6.20. The lowest BCUT2D eigenvalue weighted by Crippen LogP contribution is -2.22. The van der Waals surface area contributed by atoms with Crippen LogP contribution in [0.15, 0.2) is 41.5 Å². The monoisotopic (exact) mass is 424 g/mol. The predicted octanol–water partition coefficient (Wildman–Crippen LogP) is 3.12. The highest BCUT2D eigenvalue weighted by molar-refractivity contribution is 14.0. The number of nitrogens with zero attached hydrogens (tertiary/aromatic N) is 2. The number of aromatic nitrogens is 1. The number of nitrogens with two attached hydrogens (primary N) is 1. The van der Waals surface area contributed by atoms with Crippen molar-refractivity contribution in [3.05, 3.63) is 53.2 Å². The molecule has 3 N–H and O–H groups in total. The molecule has 0 atom stereocenters. The van der Waals surface area contributed by atoms with Gasteiger partial charge in [0.2, 0.25) is 5.88 Å². The lowest BCUT2D eigenvalue weighted by atomic mass is 10.1. The average molecular weight is 424 g/mol. The second kappa shape index (κ2) is 8.14. The van der Waals surface area contributed by atoms with Crippen LogP contribution in [0.25, 0.3) is 0 Å². The van der Waals surface area contributed by atoms with E-state index in [-0.39, 0.29) is 24.0 Å². The molecule has 0 spiro atoms.